The molecule has 0 atom stereocenters. The summed E-state index contributed by atoms with van der Waals surface area (Å²) in [5.41, 5.74) is 3.84. The molecule has 0 bridgehead atoms. The number of methoxy groups -OCH3 is 2. The molecule has 35 heavy (non-hydrogen) atoms. The SMILES string of the molecule is COc1cccc(C(=O)N2CC3(CCN(Cc4ccc(Cl)c(Cl)c4)CC3)c3cc(OC)ccc32)c1. The van der Waals surface area contributed by atoms with Gasteiger partial charge in [0.05, 0.1) is 24.3 Å². The van der Waals surface area contributed by atoms with Crippen LogP contribution in [0.3, 0.4) is 0 Å². The van der Waals surface area contributed by atoms with E-state index in [1.54, 1.807) is 20.3 Å². The van der Waals surface area contributed by atoms with Crippen LogP contribution in [0.1, 0.15) is 34.3 Å². The first-order valence-corrected chi connectivity index (χ1v) is 12.5. The standard InChI is InChI=1S/C28H28Cl2N2O3/c1-34-21-5-3-4-20(15-21)27(33)32-18-28(23-16-22(35-2)7-9-26(23)32)10-12-31(13-11-28)17-19-6-8-24(29)25(30)14-19/h3-9,14-16H,10-13,17-18H2,1-2H3. The summed E-state index contributed by atoms with van der Waals surface area (Å²) in [5, 5.41) is 1.16. The highest BCUT2D eigenvalue weighted by atomic mass is 35.5. The lowest BCUT2D eigenvalue weighted by atomic mass is 9.74. The number of benzene rings is 3. The third kappa shape index (κ3) is 4.61. The van der Waals surface area contributed by atoms with Gasteiger partial charge in [-0.05, 0) is 85.6 Å². The average molecular weight is 511 g/mol. The first-order chi connectivity index (χ1) is 16.9. The van der Waals surface area contributed by atoms with Gasteiger partial charge in [0, 0.05) is 29.8 Å². The van der Waals surface area contributed by atoms with Gasteiger partial charge >= 0.3 is 0 Å². The van der Waals surface area contributed by atoms with E-state index in [2.05, 4.69) is 11.0 Å². The normalized spacial score (nSPS) is 16.9. The van der Waals surface area contributed by atoms with E-state index >= 15 is 0 Å². The lowest BCUT2D eigenvalue weighted by Gasteiger charge is -2.40. The fourth-order valence-electron chi connectivity index (χ4n) is 5.33. The Labute approximate surface area is 216 Å². The van der Waals surface area contributed by atoms with Crippen LogP contribution >= 0.6 is 23.2 Å². The molecule has 1 saturated heterocycles. The number of nitrogens with zero attached hydrogens (tertiary/aromatic N) is 2. The highest BCUT2D eigenvalue weighted by Gasteiger charge is 2.46. The number of hydrogen-bond acceptors (Lipinski definition) is 4. The first-order valence-electron chi connectivity index (χ1n) is 11.7. The predicted molar refractivity (Wildman–Crippen MR) is 140 cm³/mol. The number of rotatable bonds is 5. The van der Waals surface area contributed by atoms with E-state index in [1.807, 2.05) is 53.4 Å². The van der Waals surface area contributed by atoms with Crippen molar-refractivity contribution in [1.82, 2.24) is 4.90 Å². The van der Waals surface area contributed by atoms with Crippen molar-refractivity contribution in [1.29, 1.82) is 0 Å². The number of likely N-dealkylation sites (tertiary alicyclic amines) is 1. The number of halogens is 2. The Kier molecular flexibility index (Phi) is 6.67. The zero-order valence-corrected chi connectivity index (χ0v) is 21.4. The van der Waals surface area contributed by atoms with Gasteiger partial charge in [-0.25, -0.2) is 0 Å². The number of anilines is 1. The molecule has 2 aliphatic heterocycles. The number of ether oxygens (including phenoxy) is 2. The van der Waals surface area contributed by atoms with Gasteiger partial charge in [0.25, 0.3) is 5.91 Å². The summed E-state index contributed by atoms with van der Waals surface area (Å²) in [5.74, 6) is 1.48. The minimum absolute atomic E-state index is 0.00886. The Hall–Kier alpha value is -2.73. The molecule has 5 rings (SSSR count). The topological polar surface area (TPSA) is 42.0 Å². The highest BCUT2D eigenvalue weighted by molar-refractivity contribution is 6.42. The second-order valence-corrected chi connectivity index (χ2v) is 10.1. The van der Waals surface area contributed by atoms with Gasteiger partial charge in [0.2, 0.25) is 0 Å². The number of piperidine rings is 1. The quantitative estimate of drug-likeness (QED) is 0.409. The number of fused-ring (bicyclic) bond motifs is 2. The summed E-state index contributed by atoms with van der Waals surface area (Å²) in [6, 6.07) is 19.2. The third-order valence-electron chi connectivity index (χ3n) is 7.29. The van der Waals surface area contributed by atoms with E-state index in [-0.39, 0.29) is 11.3 Å². The van der Waals surface area contributed by atoms with Crippen LogP contribution in [0.25, 0.3) is 0 Å². The molecule has 0 radical (unpaired) electrons. The summed E-state index contributed by atoms with van der Waals surface area (Å²) in [6.45, 7) is 3.34. The van der Waals surface area contributed by atoms with Crippen molar-refractivity contribution < 1.29 is 14.3 Å². The summed E-state index contributed by atoms with van der Waals surface area (Å²) >= 11 is 12.3. The predicted octanol–water partition coefficient (Wildman–Crippen LogP) is 6.20. The minimum Gasteiger partial charge on any atom is -0.497 e. The molecule has 5 nitrogen and oxygen atoms in total. The molecule has 7 heteroatoms. The van der Waals surface area contributed by atoms with E-state index in [4.69, 9.17) is 32.7 Å². The van der Waals surface area contributed by atoms with Crippen molar-refractivity contribution in [3.05, 3.63) is 87.4 Å². The van der Waals surface area contributed by atoms with Gasteiger partial charge in [-0.1, -0.05) is 35.3 Å². The van der Waals surface area contributed by atoms with Crippen LogP contribution < -0.4 is 14.4 Å². The monoisotopic (exact) mass is 510 g/mol. The molecule has 1 spiro atoms. The van der Waals surface area contributed by atoms with Gasteiger partial charge in [0.1, 0.15) is 11.5 Å². The second kappa shape index (κ2) is 9.73. The van der Waals surface area contributed by atoms with Crippen LogP contribution in [-0.2, 0) is 12.0 Å². The van der Waals surface area contributed by atoms with E-state index in [9.17, 15) is 4.79 Å². The van der Waals surface area contributed by atoms with Gasteiger partial charge in [-0.2, -0.15) is 0 Å². The molecule has 0 aliphatic carbocycles. The molecule has 3 aromatic rings. The Morgan fingerprint density at radius 3 is 2.37 bits per heavy atom. The van der Waals surface area contributed by atoms with E-state index in [0.29, 0.717) is 27.9 Å². The molecule has 0 saturated carbocycles. The van der Waals surface area contributed by atoms with E-state index in [0.717, 1.165) is 49.5 Å². The molecular formula is C28H28Cl2N2O3. The summed E-state index contributed by atoms with van der Waals surface area (Å²) in [7, 11) is 3.30. The first kappa shape index (κ1) is 24.0. The lowest BCUT2D eigenvalue weighted by molar-refractivity contribution is 0.0975. The minimum atomic E-state index is -0.105. The maximum Gasteiger partial charge on any atom is 0.258 e. The van der Waals surface area contributed by atoms with Crippen molar-refractivity contribution in [3.63, 3.8) is 0 Å². The second-order valence-electron chi connectivity index (χ2n) is 9.31. The van der Waals surface area contributed by atoms with Gasteiger partial charge < -0.3 is 14.4 Å². The van der Waals surface area contributed by atoms with E-state index in [1.165, 1.54) is 5.56 Å². The Bertz CT molecular complexity index is 1250. The average Bonchev–Trinajstić information content (AvgIpc) is 3.20. The van der Waals surface area contributed by atoms with Gasteiger partial charge in [0.15, 0.2) is 0 Å². The molecule has 182 valence electrons. The number of carbonyl (C=O) groups excluding carboxylic acids is 1. The maximum atomic E-state index is 13.6. The molecule has 0 aromatic heterocycles. The zero-order valence-electron chi connectivity index (χ0n) is 19.9. The lowest BCUT2D eigenvalue weighted by Crippen LogP contribution is -2.45. The smallest absolute Gasteiger partial charge is 0.258 e. The van der Waals surface area contributed by atoms with E-state index < -0.39 is 0 Å². The maximum absolute atomic E-state index is 13.6. The molecule has 3 aromatic carbocycles. The largest absolute Gasteiger partial charge is 0.497 e. The van der Waals surface area contributed by atoms with Crippen LogP contribution in [-0.4, -0.2) is 44.7 Å². The molecule has 0 N–H and O–H groups in total. The fraction of sp³-hybridized carbons (Fsp3) is 0.321. The highest BCUT2D eigenvalue weighted by Crippen LogP contribution is 2.49. The summed E-state index contributed by atoms with van der Waals surface area (Å²) < 4.78 is 10.9. The third-order valence-corrected chi connectivity index (χ3v) is 8.03. The molecule has 1 fully saturated rings. The van der Waals surface area contributed by atoms with Crippen LogP contribution in [0.4, 0.5) is 5.69 Å². The Morgan fingerprint density at radius 2 is 1.66 bits per heavy atom. The molecule has 0 unspecified atom stereocenters. The Balaban J connectivity index is 1.39. The van der Waals surface area contributed by atoms with Crippen LogP contribution in [0.5, 0.6) is 11.5 Å². The summed E-state index contributed by atoms with van der Waals surface area (Å²) in [4.78, 5) is 18.0. The number of carbonyl (C=O) groups is 1. The van der Waals surface area contributed by atoms with Gasteiger partial charge in [-0.3, -0.25) is 9.69 Å². The zero-order chi connectivity index (χ0) is 24.6. The fourth-order valence-corrected chi connectivity index (χ4v) is 5.65. The van der Waals surface area contributed by atoms with Crippen molar-refractivity contribution in [2.75, 3.05) is 38.8 Å². The molecule has 2 heterocycles. The molecular weight excluding hydrogens is 483 g/mol. The van der Waals surface area contributed by atoms with Crippen molar-refractivity contribution in [2.24, 2.45) is 0 Å². The number of amides is 1. The number of hydrogen-bond donors (Lipinski definition) is 0. The van der Waals surface area contributed by atoms with Crippen LogP contribution in [0, 0.1) is 0 Å². The van der Waals surface area contributed by atoms with Crippen LogP contribution in [0.15, 0.2) is 60.7 Å². The van der Waals surface area contributed by atoms with Crippen molar-refractivity contribution in [3.8, 4) is 11.5 Å². The van der Waals surface area contributed by atoms with Crippen molar-refractivity contribution >= 4 is 34.8 Å². The Morgan fingerprint density at radius 1 is 0.914 bits per heavy atom. The molecule has 1 amide bonds. The van der Waals surface area contributed by atoms with Crippen molar-refractivity contribution in [2.45, 2.75) is 24.8 Å². The summed E-state index contributed by atoms with van der Waals surface area (Å²) in [6.07, 6.45) is 1.91. The van der Waals surface area contributed by atoms with Gasteiger partial charge in [-0.15, -0.1) is 0 Å². The molecule has 2 aliphatic rings. The van der Waals surface area contributed by atoms with Crippen LogP contribution in [0.2, 0.25) is 10.0 Å².